The van der Waals surface area contributed by atoms with E-state index in [4.69, 9.17) is 5.73 Å². The van der Waals surface area contributed by atoms with E-state index in [9.17, 15) is 13.2 Å². The molecule has 2 aromatic carbocycles. The van der Waals surface area contributed by atoms with Crippen molar-refractivity contribution in [2.75, 3.05) is 0 Å². The van der Waals surface area contributed by atoms with Gasteiger partial charge in [-0.25, -0.2) is 0 Å². The van der Waals surface area contributed by atoms with Crippen LogP contribution < -0.4 is 10.5 Å². The fourth-order valence-corrected chi connectivity index (χ4v) is 2.26. The third kappa shape index (κ3) is 5.42. The van der Waals surface area contributed by atoms with Gasteiger partial charge in [-0.3, -0.25) is 0 Å². The highest BCUT2D eigenvalue weighted by Crippen LogP contribution is 2.28. The lowest BCUT2D eigenvalue weighted by Crippen LogP contribution is -2.17. The average Bonchev–Trinajstić information content (AvgIpc) is 2.45. The molecule has 0 aliphatic rings. The summed E-state index contributed by atoms with van der Waals surface area (Å²) < 4.78 is 40.3. The van der Waals surface area contributed by atoms with Crippen LogP contribution in [0.4, 0.5) is 13.2 Å². The molecule has 2 nitrogen and oxygen atoms in total. The Hall–Kier alpha value is -1.72. The van der Waals surface area contributed by atoms with Gasteiger partial charge in [0, 0.05) is 0 Å². The Morgan fingerprint density at radius 2 is 1.25 bits per heavy atom. The molecule has 0 aliphatic carbocycles. The van der Waals surface area contributed by atoms with Crippen molar-refractivity contribution in [3.8, 4) is 5.75 Å². The topological polar surface area (TPSA) is 35.2 Å². The molecule has 2 N–H and O–H groups in total. The van der Waals surface area contributed by atoms with Gasteiger partial charge in [0.25, 0.3) is 0 Å². The van der Waals surface area contributed by atoms with Crippen molar-refractivity contribution in [1.29, 1.82) is 0 Å². The minimum Gasteiger partial charge on any atom is -0.406 e. The first-order valence-electron chi connectivity index (χ1n) is 7.28. The van der Waals surface area contributed by atoms with Gasteiger partial charge in [0.05, 0.1) is 6.04 Å². The van der Waals surface area contributed by atoms with E-state index in [1.165, 1.54) is 17.7 Å². The molecule has 0 aliphatic heterocycles. The van der Waals surface area contributed by atoms with E-state index < -0.39 is 12.4 Å². The second-order valence-corrected chi connectivity index (χ2v) is 6.47. The van der Waals surface area contributed by atoms with Crippen molar-refractivity contribution < 1.29 is 17.9 Å². The molecule has 0 aromatic heterocycles. The summed E-state index contributed by atoms with van der Waals surface area (Å²) in [6.07, 6.45) is -4.69. The summed E-state index contributed by atoms with van der Waals surface area (Å²) in [7, 11) is 0. The quantitative estimate of drug-likeness (QED) is 0.801. The number of alkyl halides is 3. The maximum atomic E-state index is 12.2. The van der Waals surface area contributed by atoms with Gasteiger partial charge in [-0.2, -0.15) is 0 Å². The molecule has 0 fully saturated rings. The first-order chi connectivity index (χ1) is 10.6. The first-order valence-corrected chi connectivity index (χ1v) is 7.28. The summed E-state index contributed by atoms with van der Waals surface area (Å²) in [6, 6.07) is 13.2. The molecule has 1 atom stereocenters. The molecule has 0 saturated carbocycles. The molecule has 0 amide bonds. The van der Waals surface area contributed by atoms with Crippen molar-refractivity contribution in [3.63, 3.8) is 0 Å². The Bertz CT molecular complexity index is 646. The number of halogens is 4. The lowest BCUT2D eigenvalue weighted by Gasteiger charge is -2.20. The van der Waals surface area contributed by atoms with Crippen LogP contribution in [0.25, 0.3) is 0 Å². The number of hydrogen-bond acceptors (Lipinski definition) is 2. The SMILES string of the molecule is CC(C)(C)c1ccc([C@@H](N)c2ccc(OC(F)(F)F)cc2)cc1.Cl. The lowest BCUT2D eigenvalue weighted by atomic mass is 9.86. The standard InChI is InChI=1S/C18H20F3NO.ClH/c1-17(2,3)14-8-4-12(5-9-14)16(22)13-6-10-15(11-7-13)23-18(19,20)21;/h4-11,16H,22H2,1-3H3;1H/t16-;/m1./s1. The van der Waals surface area contributed by atoms with Gasteiger partial charge < -0.3 is 10.5 Å². The Kier molecular flexibility index (Phi) is 6.31. The van der Waals surface area contributed by atoms with Gasteiger partial charge in [0.2, 0.25) is 0 Å². The number of nitrogens with two attached hydrogens (primary N) is 1. The number of hydrogen-bond donors (Lipinski definition) is 1. The average molecular weight is 360 g/mol. The number of rotatable bonds is 3. The van der Waals surface area contributed by atoms with E-state index in [2.05, 4.69) is 25.5 Å². The highest BCUT2D eigenvalue weighted by atomic mass is 35.5. The molecule has 24 heavy (non-hydrogen) atoms. The van der Waals surface area contributed by atoms with Gasteiger partial charge in [0.15, 0.2) is 0 Å². The van der Waals surface area contributed by atoms with Crippen molar-refractivity contribution in [2.45, 2.75) is 38.6 Å². The first kappa shape index (κ1) is 20.3. The van der Waals surface area contributed by atoms with Crippen LogP contribution in [-0.4, -0.2) is 6.36 Å². The Morgan fingerprint density at radius 1 is 0.833 bits per heavy atom. The zero-order valence-corrected chi connectivity index (χ0v) is 14.5. The van der Waals surface area contributed by atoms with E-state index in [-0.39, 0.29) is 23.6 Å². The van der Waals surface area contributed by atoms with Gasteiger partial charge in [-0.1, -0.05) is 57.2 Å². The maximum Gasteiger partial charge on any atom is 0.573 e. The van der Waals surface area contributed by atoms with Gasteiger partial charge >= 0.3 is 6.36 Å². The van der Waals surface area contributed by atoms with E-state index in [0.717, 1.165) is 11.1 Å². The van der Waals surface area contributed by atoms with E-state index >= 15 is 0 Å². The fraction of sp³-hybridized carbons (Fsp3) is 0.333. The Morgan fingerprint density at radius 3 is 1.62 bits per heavy atom. The van der Waals surface area contributed by atoms with Crippen LogP contribution in [0, 0.1) is 0 Å². The summed E-state index contributed by atoms with van der Waals surface area (Å²) in [6.45, 7) is 6.38. The van der Waals surface area contributed by atoms with Crippen LogP contribution in [0.15, 0.2) is 48.5 Å². The molecule has 0 unspecified atom stereocenters. The summed E-state index contributed by atoms with van der Waals surface area (Å²) in [5.41, 5.74) is 9.07. The molecule has 2 rings (SSSR count). The second kappa shape index (κ2) is 7.45. The van der Waals surface area contributed by atoms with Crippen molar-refractivity contribution in [1.82, 2.24) is 0 Å². The van der Waals surface area contributed by atoms with Crippen LogP contribution >= 0.6 is 12.4 Å². The Labute approximate surface area is 146 Å². The molecule has 0 bridgehead atoms. The second-order valence-electron chi connectivity index (χ2n) is 6.47. The molecule has 0 radical (unpaired) electrons. The lowest BCUT2D eigenvalue weighted by molar-refractivity contribution is -0.274. The largest absolute Gasteiger partial charge is 0.573 e. The summed E-state index contributed by atoms with van der Waals surface area (Å²) in [5, 5.41) is 0. The maximum absolute atomic E-state index is 12.2. The minimum absolute atomic E-state index is 0. The summed E-state index contributed by atoms with van der Waals surface area (Å²) >= 11 is 0. The zero-order valence-electron chi connectivity index (χ0n) is 13.7. The molecular weight excluding hydrogens is 339 g/mol. The molecule has 0 heterocycles. The predicted molar refractivity (Wildman–Crippen MR) is 91.5 cm³/mol. The highest BCUT2D eigenvalue weighted by molar-refractivity contribution is 5.85. The zero-order chi connectivity index (χ0) is 17.3. The van der Waals surface area contributed by atoms with E-state index in [1.807, 2.05) is 24.3 Å². The molecule has 0 spiro atoms. The van der Waals surface area contributed by atoms with Crippen LogP contribution in [0.3, 0.4) is 0 Å². The van der Waals surface area contributed by atoms with E-state index in [1.54, 1.807) is 12.1 Å². The molecule has 2 aromatic rings. The third-order valence-electron chi connectivity index (χ3n) is 3.61. The fourth-order valence-electron chi connectivity index (χ4n) is 2.26. The molecular formula is C18H21ClF3NO. The normalized spacial score (nSPS) is 13.1. The summed E-state index contributed by atoms with van der Waals surface area (Å²) in [4.78, 5) is 0. The van der Waals surface area contributed by atoms with Crippen LogP contribution in [-0.2, 0) is 5.41 Å². The van der Waals surface area contributed by atoms with Crippen molar-refractivity contribution >= 4 is 12.4 Å². The van der Waals surface area contributed by atoms with Crippen LogP contribution in [0.1, 0.15) is 43.5 Å². The van der Waals surface area contributed by atoms with Crippen molar-refractivity contribution in [3.05, 3.63) is 65.2 Å². The smallest absolute Gasteiger partial charge is 0.406 e. The summed E-state index contributed by atoms with van der Waals surface area (Å²) in [5.74, 6) is -0.253. The predicted octanol–water partition coefficient (Wildman–Crippen LogP) is 5.35. The van der Waals surface area contributed by atoms with E-state index in [0.29, 0.717) is 0 Å². The van der Waals surface area contributed by atoms with Crippen molar-refractivity contribution in [2.24, 2.45) is 5.73 Å². The molecule has 6 heteroatoms. The highest BCUT2D eigenvalue weighted by Gasteiger charge is 2.31. The third-order valence-corrected chi connectivity index (χ3v) is 3.61. The number of benzene rings is 2. The molecule has 132 valence electrons. The minimum atomic E-state index is -4.69. The molecule has 0 saturated heterocycles. The monoisotopic (exact) mass is 359 g/mol. The van der Waals surface area contributed by atoms with Gasteiger partial charge in [-0.05, 0) is 34.2 Å². The van der Waals surface area contributed by atoms with Gasteiger partial charge in [-0.15, -0.1) is 25.6 Å². The number of ether oxygens (including phenoxy) is 1. The van der Waals surface area contributed by atoms with Crippen LogP contribution in [0.5, 0.6) is 5.75 Å². The Balaban J connectivity index is 0.00000288. The van der Waals surface area contributed by atoms with Gasteiger partial charge in [0.1, 0.15) is 5.75 Å². The van der Waals surface area contributed by atoms with Crippen LogP contribution in [0.2, 0.25) is 0 Å².